The van der Waals surface area contributed by atoms with Gasteiger partial charge in [-0.3, -0.25) is 4.68 Å². The Balaban J connectivity index is 1.60. The molecule has 0 aliphatic carbocycles. The van der Waals surface area contributed by atoms with Gasteiger partial charge in [-0.1, -0.05) is 12.1 Å². The largest absolute Gasteiger partial charge is 0.497 e. The number of nitrogens with one attached hydrogen (secondary N) is 1. The van der Waals surface area contributed by atoms with E-state index >= 15 is 0 Å². The number of hydrogen-bond acceptors (Lipinski definition) is 5. The van der Waals surface area contributed by atoms with Crippen molar-refractivity contribution >= 4 is 11.0 Å². The van der Waals surface area contributed by atoms with Crippen LogP contribution in [0.2, 0.25) is 0 Å². The van der Waals surface area contributed by atoms with Gasteiger partial charge in [0, 0.05) is 31.7 Å². The summed E-state index contributed by atoms with van der Waals surface area (Å²) < 4.78 is 6.91. The van der Waals surface area contributed by atoms with E-state index in [0.717, 1.165) is 33.6 Å². The van der Waals surface area contributed by atoms with E-state index in [2.05, 4.69) is 21.5 Å². The molecule has 2 aromatic heterocycles. The zero-order chi connectivity index (χ0) is 17.1. The van der Waals surface area contributed by atoms with Gasteiger partial charge in [0.25, 0.3) is 0 Å². The van der Waals surface area contributed by atoms with Gasteiger partial charge in [-0.2, -0.15) is 5.10 Å². The van der Waals surface area contributed by atoms with E-state index in [1.54, 1.807) is 11.8 Å². The molecule has 0 bridgehead atoms. The fourth-order valence-electron chi connectivity index (χ4n) is 2.74. The maximum atomic E-state index is 10.2. The number of fused-ring (bicyclic) bond motifs is 1. The minimum atomic E-state index is -0.562. The molecule has 2 heterocycles. The minimum absolute atomic E-state index is 0.469. The first-order valence-corrected chi connectivity index (χ1v) is 7.89. The topological polar surface area (TPSA) is 72.2 Å². The standard InChI is InChI=1S/C18H22N4O2/c1-12-16-8-13(10-20-18(16)22(2)21-12)9-19-11-17(23)14-4-6-15(24-3)7-5-14/h4-8,10,17,19,23H,9,11H2,1-3H3/t17-/m1/s1. The van der Waals surface area contributed by atoms with Crippen LogP contribution >= 0.6 is 0 Å². The molecule has 3 aromatic rings. The Morgan fingerprint density at radius 2 is 2.04 bits per heavy atom. The van der Waals surface area contributed by atoms with Gasteiger partial charge in [0.15, 0.2) is 5.65 Å². The molecule has 6 heteroatoms. The number of aryl methyl sites for hydroxylation is 2. The quantitative estimate of drug-likeness (QED) is 0.726. The van der Waals surface area contributed by atoms with E-state index in [1.165, 1.54) is 0 Å². The van der Waals surface area contributed by atoms with Crippen LogP contribution in [0.1, 0.15) is 22.9 Å². The van der Waals surface area contributed by atoms with Gasteiger partial charge < -0.3 is 15.2 Å². The minimum Gasteiger partial charge on any atom is -0.497 e. The van der Waals surface area contributed by atoms with Crippen molar-refractivity contribution < 1.29 is 9.84 Å². The Kier molecular flexibility index (Phi) is 4.78. The molecule has 0 radical (unpaired) electrons. The molecule has 0 spiro atoms. The highest BCUT2D eigenvalue weighted by atomic mass is 16.5. The van der Waals surface area contributed by atoms with Gasteiger partial charge in [-0.15, -0.1) is 0 Å². The first-order valence-electron chi connectivity index (χ1n) is 7.89. The first kappa shape index (κ1) is 16.4. The molecule has 1 atom stereocenters. The van der Waals surface area contributed by atoms with Gasteiger partial charge in [-0.25, -0.2) is 4.98 Å². The SMILES string of the molecule is COc1ccc([C@H](O)CNCc2cnc3c(c2)c(C)nn3C)cc1. The van der Waals surface area contributed by atoms with E-state index in [0.29, 0.717) is 13.1 Å². The van der Waals surface area contributed by atoms with Crippen LogP contribution in [0.4, 0.5) is 0 Å². The summed E-state index contributed by atoms with van der Waals surface area (Å²) in [6.45, 7) is 3.09. The molecule has 0 fully saturated rings. The maximum Gasteiger partial charge on any atom is 0.157 e. The third kappa shape index (κ3) is 3.39. The molecule has 0 amide bonds. The van der Waals surface area contributed by atoms with Crippen molar-refractivity contribution in [3.8, 4) is 5.75 Å². The van der Waals surface area contributed by atoms with E-state index in [-0.39, 0.29) is 0 Å². The van der Waals surface area contributed by atoms with Crippen molar-refractivity contribution in [2.75, 3.05) is 13.7 Å². The monoisotopic (exact) mass is 326 g/mol. The molecular weight excluding hydrogens is 304 g/mol. The molecular formula is C18H22N4O2. The van der Waals surface area contributed by atoms with Crippen molar-refractivity contribution in [1.82, 2.24) is 20.1 Å². The van der Waals surface area contributed by atoms with Crippen molar-refractivity contribution in [3.63, 3.8) is 0 Å². The summed E-state index contributed by atoms with van der Waals surface area (Å²) in [6.07, 6.45) is 1.28. The average molecular weight is 326 g/mol. The summed E-state index contributed by atoms with van der Waals surface area (Å²) in [4.78, 5) is 4.46. The molecule has 126 valence electrons. The van der Waals surface area contributed by atoms with Crippen LogP contribution in [0.5, 0.6) is 5.75 Å². The van der Waals surface area contributed by atoms with Crippen molar-refractivity contribution in [3.05, 3.63) is 53.3 Å². The number of aromatic nitrogens is 3. The summed E-state index contributed by atoms with van der Waals surface area (Å²) in [5.74, 6) is 0.783. The van der Waals surface area contributed by atoms with Gasteiger partial charge in [0.05, 0.1) is 18.9 Å². The number of nitrogens with zero attached hydrogens (tertiary/aromatic N) is 3. The fraction of sp³-hybridized carbons (Fsp3) is 0.333. The molecule has 0 aliphatic rings. The van der Waals surface area contributed by atoms with E-state index < -0.39 is 6.10 Å². The molecule has 1 aromatic carbocycles. The van der Waals surface area contributed by atoms with Crippen molar-refractivity contribution in [2.24, 2.45) is 7.05 Å². The second kappa shape index (κ2) is 6.98. The zero-order valence-corrected chi connectivity index (χ0v) is 14.2. The lowest BCUT2D eigenvalue weighted by Gasteiger charge is -2.13. The Bertz CT molecular complexity index is 827. The first-order chi connectivity index (χ1) is 11.6. The molecule has 6 nitrogen and oxygen atoms in total. The third-order valence-electron chi connectivity index (χ3n) is 4.09. The molecule has 2 N–H and O–H groups in total. The molecule has 0 unspecified atom stereocenters. The Labute approximate surface area is 141 Å². The highest BCUT2D eigenvalue weighted by Crippen LogP contribution is 2.18. The predicted octanol–water partition coefficient (Wildman–Crippen LogP) is 2.11. The van der Waals surface area contributed by atoms with Gasteiger partial charge in [-0.05, 0) is 36.2 Å². The number of rotatable bonds is 6. The Morgan fingerprint density at radius 3 is 2.75 bits per heavy atom. The predicted molar refractivity (Wildman–Crippen MR) is 92.9 cm³/mol. The normalized spacial score (nSPS) is 12.5. The van der Waals surface area contributed by atoms with Crippen LogP contribution in [-0.2, 0) is 13.6 Å². The van der Waals surface area contributed by atoms with E-state index in [1.807, 2.05) is 44.4 Å². The van der Waals surface area contributed by atoms with Gasteiger partial charge in [0.2, 0.25) is 0 Å². The van der Waals surface area contributed by atoms with Crippen LogP contribution in [-0.4, -0.2) is 33.5 Å². The summed E-state index contributed by atoms with van der Waals surface area (Å²) >= 11 is 0. The number of benzene rings is 1. The number of hydrogen-bond donors (Lipinski definition) is 2. The number of pyridine rings is 1. The van der Waals surface area contributed by atoms with Gasteiger partial charge >= 0.3 is 0 Å². The lowest BCUT2D eigenvalue weighted by Crippen LogP contribution is -2.21. The summed E-state index contributed by atoms with van der Waals surface area (Å²) in [5.41, 5.74) is 3.79. The van der Waals surface area contributed by atoms with Crippen molar-refractivity contribution in [2.45, 2.75) is 19.6 Å². The number of ether oxygens (including phenoxy) is 1. The number of aliphatic hydroxyl groups is 1. The molecule has 24 heavy (non-hydrogen) atoms. The van der Waals surface area contributed by atoms with Gasteiger partial charge in [0.1, 0.15) is 5.75 Å². The molecule has 0 saturated carbocycles. The van der Waals surface area contributed by atoms with E-state index in [9.17, 15) is 5.11 Å². The van der Waals surface area contributed by atoms with Crippen LogP contribution in [0, 0.1) is 6.92 Å². The van der Waals surface area contributed by atoms with Crippen LogP contribution in [0.15, 0.2) is 36.5 Å². The van der Waals surface area contributed by atoms with Crippen molar-refractivity contribution in [1.29, 1.82) is 0 Å². The molecule has 3 rings (SSSR count). The van der Waals surface area contributed by atoms with E-state index in [4.69, 9.17) is 4.74 Å². The van der Waals surface area contributed by atoms with Crippen LogP contribution < -0.4 is 10.1 Å². The smallest absolute Gasteiger partial charge is 0.157 e. The Hall–Kier alpha value is -2.44. The highest BCUT2D eigenvalue weighted by molar-refractivity contribution is 5.78. The number of methoxy groups -OCH3 is 1. The zero-order valence-electron chi connectivity index (χ0n) is 14.2. The maximum absolute atomic E-state index is 10.2. The highest BCUT2D eigenvalue weighted by Gasteiger charge is 2.09. The third-order valence-corrected chi connectivity index (χ3v) is 4.09. The Morgan fingerprint density at radius 1 is 1.29 bits per heavy atom. The molecule has 0 saturated heterocycles. The molecule has 0 aliphatic heterocycles. The van der Waals surface area contributed by atoms with Crippen LogP contribution in [0.3, 0.4) is 0 Å². The second-order valence-electron chi connectivity index (χ2n) is 5.84. The number of aliphatic hydroxyl groups excluding tert-OH is 1. The lowest BCUT2D eigenvalue weighted by molar-refractivity contribution is 0.174. The summed E-state index contributed by atoms with van der Waals surface area (Å²) in [6, 6.07) is 9.54. The fourth-order valence-corrected chi connectivity index (χ4v) is 2.74. The lowest BCUT2D eigenvalue weighted by atomic mass is 10.1. The van der Waals surface area contributed by atoms with Crippen LogP contribution in [0.25, 0.3) is 11.0 Å². The summed E-state index contributed by atoms with van der Waals surface area (Å²) in [5, 5.41) is 19.0. The average Bonchev–Trinajstić information content (AvgIpc) is 2.89. The second-order valence-corrected chi connectivity index (χ2v) is 5.84. The summed E-state index contributed by atoms with van der Waals surface area (Å²) in [7, 11) is 3.52.